The molecule has 0 unspecified atom stereocenters. The predicted molar refractivity (Wildman–Crippen MR) is 138 cm³/mol. The molecule has 2 aromatic rings. The van der Waals surface area contributed by atoms with E-state index in [4.69, 9.17) is 9.47 Å². The van der Waals surface area contributed by atoms with Crippen LogP contribution in [0.5, 0.6) is 11.5 Å². The second kappa shape index (κ2) is 12.7. The van der Waals surface area contributed by atoms with Crippen molar-refractivity contribution in [2.75, 3.05) is 13.2 Å². The van der Waals surface area contributed by atoms with Gasteiger partial charge in [0, 0.05) is 0 Å². The normalized spacial score (nSPS) is 24.8. The second-order valence-electron chi connectivity index (χ2n) is 10.7. The van der Waals surface area contributed by atoms with E-state index in [1.807, 2.05) is 6.92 Å². The fourth-order valence-corrected chi connectivity index (χ4v) is 6.15. The number of hydrogen-bond donors (Lipinski definition) is 0. The molecule has 35 heavy (non-hydrogen) atoms. The van der Waals surface area contributed by atoms with E-state index >= 15 is 0 Å². The maximum absolute atomic E-state index is 14.4. The summed E-state index contributed by atoms with van der Waals surface area (Å²) in [6, 6.07) is 12.3. The smallest absolute Gasteiger partial charge is 0.204 e. The summed E-state index contributed by atoms with van der Waals surface area (Å²) in [5.41, 5.74) is 2.98. The topological polar surface area (TPSA) is 18.5 Å². The van der Waals surface area contributed by atoms with Crippen LogP contribution in [0, 0.1) is 29.4 Å². The first kappa shape index (κ1) is 26.0. The molecule has 0 radical (unpaired) electrons. The van der Waals surface area contributed by atoms with Gasteiger partial charge in [-0.25, -0.2) is 0 Å². The molecule has 2 saturated carbocycles. The lowest BCUT2D eigenvalue weighted by molar-refractivity contribution is 0.129. The first-order chi connectivity index (χ1) is 17.1. The standard InChI is InChI=1S/C31H42F2O2/c1-3-5-22-6-10-24(11-7-22)26-14-16-27(17-15-26)25-12-8-23(9-13-25)21-35-29-19-18-28(34-20-4-2)30(32)31(29)33/h6-7,10-11,18-19,23,25-27H,3-5,8-9,12-17,20-21H2,1-2H3. The molecule has 4 heteroatoms. The Labute approximate surface area is 210 Å². The molecule has 2 aliphatic carbocycles. The van der Waals surface area contributed by atoms with Crippen LogP contribution in [-0.2, 0) is 6.42 Å². The highest BCUT2D eigenvalue weighted by molar-refractivity contribution is 5.35. The largest absolute Gasteiger partial charge is 0.490 e. The van der Waals surface area contributed by atoms with Crippen molar-refractivity contribution in [3.63, 3.8) is 0 Å². The third kappa shape index (κ3) is 6.77. The quantitative estimate of drug-likeness (QED) is 0.335. The molecular formula is C31H42F2O2. The molecule has 0 amide bonds. The Morgan fingerprint density at radius 2 is 1.26 bits per heavy atom. The zero-order valence-electron chi connectivity index (χ0n) is 21.5. The summed E-state index contributed by atoms with van der Waals surface area (Å²) >= 11 is 0. The van der Waals surface area contributed by atoms with E-state index in [1.54, 1.807) is 0 Å². The number of halogens is 2. The summed E-state index contributed by atoms with van der Waals surface area (Å²) in [5, 5.41) is 0. The second-order valence-corrected chi connectivity index (χ2v) is 10.7. The Kier molecular flexibility index (Phi) is 9.45. The van der Waals surface area contributed by atoms with Crippen LogP contribution < -0.4 is 9.47 Å². The lowest BCUT2D eigenvalue weighted by Gasteiger charge is -2.38. The van der Waals surface area contributed by atoms with Crippen LogP contribution in [0.15, 0.2) is 36.4 Å². The highest BCUT2D eigenvalue weighted by Gasteiger charge is 2.31. The summed E-state index contributed by atoms with van der Waals surface area (Å²) < 4.78 is 39.6. The Bertz CT molecular complexity index is 910. The van der Waals surface area contributed by atoms with Crippen molar-refractivity contribution in [3.05, 3.63) is 59.2 Å². The van der Waals surface area contributed by atoms with E-state index in [1.165, 1.54) is 74.6 Å². The van der Waals surface area contributed by atoms with E-state index in [9.17, 15) is 8.78 Å². The molecule has 0 bridgehead atoms. The maximum atomic E-state index is 14.4. The first-order valence-electron chi connectivity index (χ1n) is 13.9. The Balaban J connectivity index is 1.19. The van der Waals surface area contributed by atoms with Gasteiger partial charge in [-0.2, -0.15) is 8.78 Å². The SMILES string of the molecule is CCCOc1ccc(OCC2CCC(C3CCC(c4ccc(CCC)cc4)CC3)CC2)c(F)c1F. The van der Waals surface area contributed by atoms with Crippen molar-refractivity contribution in [3.8, 4) is 11.5 Å². The van der Waals surface area contributed by atoms with E-state index in [0.29, 0.717) is 19.1 Å². The van der Waals surface area contributed by atoms with Crippen molar-refractivity contribution in [2.45, 2.75) is 90.4 Å². The fourth-order valence-electron chi connectivity index (χ4n) is 6.15. The van der Waals surface area contributed by atoms with Crippen LogP contribution in [-0.4, -0.2) is 13.2 Å². The number of benzene rings is 2. The predicted octanol–water partition coefficient (Wildman–Crippen LogP) is 8.87. The first-order valence-corrected chi connectivity index (χ1v) is 13.9. The maximum Gasteiger partial charge on any atom is 0.204 e. The summed E-state index contributed by atoms with van der Waals surface area (Å²) in [5.74, 6) is 0.854. The van der Waals surface area contributed by atoms with Gasteiger partial charge in [0.1, 0.15) is 0 Å². The zero-order chi connectivity index (χ0) is 24.6. The molecule has 2 nitrogen and oxygen atoms in total. The van der Waals surface area contributed by atoms with E-state index in [-0.39, 0.29) is 11.5 Å². The molecule has 2 aliphatic rings. The molecule has 0 atom stereocenters. The molecule has 2 fully saturated rings. The van der Waals surface area contributed by atoms with Crippen molar-refractivity contribution >= 4 is 0 Å². The lowest BCUT2D eigenvalue weighted by Crippen LogP contribution is -2.27. The summed E-state index contributed by atoms with van der Waals surface area (Å²) in [6.45, 7) is 4.99. The number of aryl methyl sites for hydroxylation is 1. The van der Waals surface area contributed by atoms with Gasteiger partial charge >= 0.3 is 0 Å². The molecule has 0 aliphatic heterocycles. The van der Waals surface area contributed by atoms with Crippen LogP contribution in [0.1, 0.15) is 95.1 Å². The third-order valence-electron chi connectivity index (χ3n) is 8.27. The van der Waals surface area contributed by atoms with Crippen LogP contribution >= 0.6 is 0 Å². The molecule has 0 aromatic heterocycles. The van der Waals surface area contributed by atoms with Gasteiger partial charge in [-0.05, 0) is 111 Å². The van der Waals surface area contributed by atoms with Crippen molar-refractivity contribution < 1.29 is 18.3 Å². The summed E-state index contributed by atoms with van der Waals surface area (Å²) in [6.07, 6.45) is 13.1. The van der Waals surface area contributed by atoms with Crippen LogP contribution in [0.25, 0.3) is 0 Å². The van der Waals surface area contributed by atoms with Crippen LogP contribution in [0.4, 0.5) is 8.78 Å². The molecule has 4 rings (SSSR count). The molecule has 0 N–H and O–H groups in total. The average molecular weight is 485 g/mol. The number of hydrogen-bond acceptors (Lipinski definition) is 2. The fraction of sp³-hybridized carbons (Fsp3) is 0.613. The average Bonchev–Trinajstić information content (AvgIpc) is 2.90. The molecule has 2 aromatic carbocycles. The van der Waals surface area contributed by atoms with Crippen LogP contribution in [0.2, 0.25) is 0 Å². The Morgan fingerprint density at radius 3 is 1.83 bits per heavy atom. The highest BCUT2D eigenvalue weighted by atomic mass is 19.2. The van der Waals surface area contributed by atoms with Gasteiger partial charge in [0.05, 0.1) is 13.2 Å². The summed E-state index contributed by atoms with van der Waals surface area (Å²) in [4.78, 5) is 0. The van der Waals surface area contributed by atoms with E-state index < -0.39 is 11.6 Å². The van der Waals surface area contributed by atoms with Crippen molar-refractivity contribution in [1.29, 1.82) is 0 Å². The minimum atomic E-state index is -0.952. The van der Waals surface area contributed by atoms with Gasteiger partial charge in [0.2, 0.25) is 11.6 Å². The zero-order valence-corrected chi connectivity index (χ0v) is 21.5. The van der Waals surface area contributed by atoms with Gasteiger partial charge in [-0.15, -0.1) is 0 Å². The third-order valence-corrected chi connectivity index (χ3v) is 8.27. The lowest BCUT2D eigenvalue weighted by atomic mass is 9.68. The molecule has 192 valence electrons. The van der Waals surface area contributed by atoms with Crippen LogP contribution in [0.3, 0.4) is 0 Å². The molecule has 0 heterocycles. The monoisotopic (exact) mass is 484 g/mol. The number of rotatable bonds is 10. The van der Waals surface area contributed by atoms with Gasteiger partial charge in [0.15, 0.2) is 11.5 Å². The minimum Gasteiger partial charge on any atom is -0.490 e. The molecule has 0 saturated heterocycles. The van der Waals surface area contributed by atoms with Crippen molar-refractivity contribution in [1.82, 2.24) is 0 Å². The van der Waals surface area contributed by atoms with Crippen molar-refractivity contribution in [2.24, 2.45) is 17.8 Å². The molecular weight excluding hydrogens is 442 g/mol. The van der Waals surface area contributed by atoms with Gasteiger partial charge in [-0.3, -0.25) is 0 Å². The highest BCUT2D eigenvalue weighted by Crippen LogP contribution is 2.44. The number of ether oxygens (including phenoxy) is 2. The summed E-state index contributed by atoms with van der Waals surface area (Å²) in [7, 11) is 0. The van der Waals surface area contributed by atoms with Gasteiger partial charge in [-0.1, -0.05) is 44.5 Å². The van der Waals surface area contributed by atoms with Gasteiger partial charge < -0.3 is 9.47 Å². The minimum absolute atomic E-state index is 0.00507. The Morgan fingerprint density at radius 1 is 0.686 bits per heavy atom. The van der Waals surface area contributed by atoms with Gasteiger partial charge in [0.25, 0.3) is 0 Å². The van der Waals surface area contributed by atoms with E-state index in [0.717, 1.165) is 37.0 Å². The Hall–Kier alpha value is -2.10. The van der Waals surface area contributed by atoms with E-state index in [2.05, 4.69) is 31.2 Å². The molecule has 0 spiro atoms.